The van der Waals surface area contributed by atoms with E-state index in [9.17, 15) is 9.18 Å². The number of ether oxygens (including phenoxy) is 1. The molecule has 112 valence electrons. The van der Waals surface area contributed by atoms with Crippen molar-refractivity contribution in [3.05, 3.63) is 53.7 Å². The molecule has 21 heavy (non-hydrogen) atoms. The van der Waals surface area contributed by atoms with Crippen LogP contribution in [-0.2, 0) is 17.9 Å². The zero-order valence-corrected chi connectivity index (χ0v) is 11.6. The lowest BCUT2D eigenvalue weighted by Crippen LogP contribution is -2.36. The Morgan fingerprint density at radius 2 is 2.29 bits per heavy atom. The quantitative estimate of drug-likeness (QED) is 0.853. The smallest absolute Gasteiger partial charge is 0.261 e. The van der Waals surface area contributed by atoms with Crippen LogP contribution in [0.25, 0.3) is 0 Å². The summed E-state index contributed by atoms with van der Waals surface area (Å²) in [7, 11) is 0. The van der Waals surface area contributed by atoms with E-state index in [0.29, 0.717) is 17.1 Å². The van der Waals surface area contributed by atoms with E-state index in [1.807, 2.05) is 0 Å². The van der Waals surface area contributed by atoms with Crippen LogP contribution < -0.4 is 15.8 Å². The fourth-order valence-electron chi connectivity index (χ4n) is 1.80. The van der Waals surface area contributed by atoms with Gasteiger partial charge in [0.2, 0.25) is 0 Å². The molecule has 0 radical (unpaired) electrons. The van der Waals surface area contributed by atoms with Gasteiger partial charge in [0.15, 0.2) is 6.10 Å². The van der Waals surface area contributed by atoms with Gasteiger partial charge in [0, 0.05) is 12.1 Å². The average molecular weight is 292 g/mol. The van der Waals surface area contributed by atoms with Gasteiger partial charge in [-0.15, -0.1) is 0 Å². The van der Waals surface area contributed by atoms with Gasteiger partial charge in [0.05, 0.1) is 12.8 Å². The first-order chi connectivity index (χ1) is 10.1. The molecule has 1 unspecified atom stereocenters. The van der Waals surface area contributed by atoms with Crippen LogP contribution in [0.4, 0.5) is 4.39 Å². The van der Waals surface area contributed by atoms with Crippen molar-refractivity contribution in [3.63, 3.8) is 0 Å². The predicted octanol–water partition coefficient (Wildman–Crippen LogP) is 1.96. The van der Waals surface area contributed by atoms with E-state index in [1.165, 1.54) is 24.5 Å². The number of hydrogen-bond acceptors (Lipinski definition) is 4. The van der Waals surface area contributed by atoms with Gasteiger partial charge in [0.1, 0.15) is 17.3 Å². The van der Waals surface area contributed by atoms with Crippen molar-refractivity contribution < 1.29 is 18.3 Å². The van der Waals surface area contributed by atoms with Crippen molar-refractivity contribution in [1.29, 1.82) is 0 Å². The Morgan fingerprint density at radius 3 is 2.95 bits per heavy atom. The Kier molecular flexibility index (Phi) is 4.94. The highest BCUT2D eigenvalue weighted by Gasteiger charge is 2.16. The van der Waals surface area contributed by atoms with Crippen LogP contribution in [0, 0.1) is 5.82 Å². The van der Waals surface area contributed by atoms with Crippen LogP contribution in [-0.4, -0.2) is 12.0 Å². The summed E-state index contributed by atoms with van der Waals surface area (Å²) in [5, 5.41) is 2.69. The number of amides is 1. The molecule has 0 bridgehead atoms. The molecule has 0 aliphatic rings. The third kappa shape index (κ3) is 4.06. The summed E-state index contributed by atoms with van der Waals surface area (Å²) < 4.78 is 23.8. The third-order valence-electron chi connectivity index (χ3n) is 2.93. The molecule has 1 atom stereocenters. The largest absolute Gasteiger partial charge is 0.481 e. The third-order valence-corrected chi connectivity index (χ3v) is 2.93. The van der Waals surface area contributed by atoms with E-state index in [1.54, 1.807) is 19.1 Å². The predicted molar refractivity (Wildman–Crippen MR) is 74.9 cm³/mol. The van der Waals surface area contributed by atoms with E-state index in [2.05, 4.69) is 5.32 Å². The topological polar surface area (TPSA) is 77.5 Å². The van der Waals surface area contributed by atoms with Crippen LogP contribution >= 0.6 is 0 Å². The number of rotatable bonds is 6. The molecule has 0 aliphatic heterocycles. The zero-order valence-electron chi connectivity index (χ0n) is 11.6. The number of halogens is 1. The highest BCUT2D eigenvalue weighted by molar-refractivity contribution is 5.80. The summed E-state index contributed by atoms with van der Waals surface area (Å²) in [5.74, 6) is 0.371. The summed E-state index contributed by atoms with van der Waals surface area (Å²) >= 11 is 0. The molecule has 0 saturated heterocycles. The summed E-state index contributed by atoms with van der Waals surface area (Å²) in [6.45, 7) is 2.03. The Balaban J connectivity index is 1.94. The second kappa shape index (κ2) is 6.90. The van der Waals surface area contributed by atoms with Crippen molar-refractivity contribution in [3.8, 4) is 5.75 Å². The molecule has 0 fully saturated rings. The molecule has 1 heterocycles. The second-order valence-corrected chi connectivity index (χ2v) is 4.51. The molecular formula is C15H17FN2O3. The van der Waals surface area contributed by atoms with Crippen LogP contribution in [0.5, 0.6) is 5.75 Å². The Morgan fingerprint density at radius 1 is 1.48 bits per heavy atom. The number of nitrogens with one attached hydrogen (secondary N) is 1. The maximum Gasteiger partial charge on any atom is 0.261 e. The van der Waals surface area contributed by atoms with Crippen LogP contribution in [0.3, 0.4) is 0 Å². The number of nitrogens with two attached hydrogens (primary N) is 1. The average Bonchev–Trinajstić information content (AvgIpc) is 2.99. The number of carbonyl (C=O) groups excluding carboxylic acids is 1. The van der Waals surface area contributed by atoms with E-state index in [-0.39, 0.29) is 19.0 Å². The lowest BCUT2D eigenvalue weighted by Gasteiger charge is -2.16. The van der Waals surface area contributed by atoms with Gasteiger partial charge in [-0.2, -0.15) is 0 Å². The minimum atomic E-state index is -0.726. The van der Waals surface area contributed by atoms with Crippen molar-refractivity contribution in [2.75, 3.05) is 0 Å². The molecule has 2 aromatic rings. The first-order valence-electron chi connectivity index (χ1n) is 6.55. The molecule has 6 heteroatoms. The van der Waals surface area contributed by atoms with Gasteiger partial charge in [0.25, 0.3) is 5.91 Å². The van der Waals surface area contributed by atoms with Crippen LogP contribution in [0.1, 0.15) is 18.2 Å². The SMILES string of the molecule is CC(Oc1ccc(F)cc1CN)C(=O)NCc1ccco1. The maximum atomic E-state index is 13.1. The fourth-order valence-corrected chi connectivity index (χ4v) is 1.80. The summed E-state index contributed by atoms with van der Waals surface area (Å²) in [4.78, 5) is 11.9. The standard InChI is InChI=1S/C15H17FN2O3/c1-10(15(19)18-9-13-3-2-6-20-13)21-14-5-4-12(16)7-11(14)8-17/h2-7,10H,8-9,17H2,1H3,(H,18,19). The number of hydrogen-bond donors (Lipinski definition) is 2. The lowest BCUT2D eigenvalue weighted by molar-refractivity contribution is -0.127. The summed E-state index contributed by atoms with van der Waals surface area (Å²) in [6.07, 6.45) is 0.809. The maximum absolute atomic E-state index is 13.1. The summed E-state index contributed by atoms with van der Waals surface area (Å²) in [6, 6.07) is 7.53. The second-order valence-electron chi connectivity index (χ2n) is 4.51. The van der Waals surface area contributed by atoms with Crippen LogP contribution in [0.2, 0.25) is 0 Å². The first-order valence-corrected chi connectivity index (χ1v) is 6.55. The minimum Gasteiger partial charge on any atom is -0.481 e. The highest BCUT2D eigenvalue weighted by atomic mass is 19.1. The molecule has 3 N–H and O–H groups in total. The molecule has 1 amide bonds. The van der Waals surface area contributed by atoms with Crippen molar-refractivity contribution in [2.24, 2.45) is 5.73 Å². The van der Waals surface area contributed by atoms with Gasteiger partial charge < -0.3 is 20.2 Å². The van der Waals surface area contributed by atoms with E-state index in [4.69, 9.17) is 14.9 Å². The van der Waals surface area contributed by atoms with Crippen molar-refractivity contribution >= 4 is 5.91 Å². The first kappa shape index (κ1) is 15.1. The lowest BCUT2D eigenvalue weighted by atomic mass is 10.2. The van der Waals surface area contributed by atoms with Crippen molar-refractivity contribution in [1.82, 2.24) is 5.32 Å². The molecular weight excluding hydrogens is 275 g/mol. The number of furan rings is 1. The van der Waals surface area contributed by atoms with Crippen molar-refractivity contribution in [2.45, 2.75) is 26.1 Å². The molecule has 1 aromatic heterocycles. The van der Waals surface area contributed by atoms with Crippen LogP contribution in [0.15, 0.2) is 41.0 Å². The Hall–Kier alpha value is -2.34. The van der Waals surface area contributed by atoms with E-state index < -0.39 is 11.9 Å². The number of carbonyl (C=O) groups is 1. The Bertz CT molecular complexity index is 599. The summed E-state index contributed by atoms with van der Waals surface area (Å²) in [5.41, 5.74) is 6.05. The normalized spacial score (nSPS) is 12.0. The molecule has 2 rings (SSSR count). The van der Waals surface area contributed by atoms with Gasteiger partial charge >= 0.3 is 0 Å². The molecule has 5 nitrogen and oxygen atoms in total. The van der Waals surface area contributed by atoms with Gasteiger partial charge in [-0.05, 0) is 37.3 Å². The fraction of sp³-hybridized carbons (Fsp3) is 0.267. The molecule has 0 aliphatic carbocycles. The van der Waals surface area contributed by atoms with E-state index in [0.717, 1.165) is 0 Å². The van der Waals surface area contributed by atoms with Gasteiger partial charge in [-0.3, -0.25) is 4.79 Å². The monoisotopic (exact) mass is 292 g/mol. The van der Waals surface area contributed by atoms with Gasteiger partial charge in [-0.25, -0.2) is 4.39 Å². The van der Waals surface area contributed by atoms with Gasteiger partial charge in [-0.1, -0.05) is 0 Å². The molecule has 0 saturated carbocycles. The molecule has 1 aromatic carbocycles. The molecule has 0 spiro atoms. The zero-order chi connectivity index (χ0) is 15.2. The highest BCUT2D eigenvalue weighted by Crippen LogP contribution is 2.20. The Labute approximate surface area is 121 Å². The number of benzene rings is 1. The van der Waals surface area contributed by atoms with E-state index >= 15 is 0 Å². The minimum absolute atomic E-state index is 0.133.